The van der Waals surface area contributed by atoms with Gasteiger partial charge >= 0.3 is 0 Å². The largest absolute Gasteiger partial charge is 0.0891 e. The Morgan fingerprint density at radius 2 is 2.00 bits per heavy atom. The van der Waals surface area contributed by atoms with Crippen LogP contribution in [0.25, 0.3) is 0 Å². The number of benzene rings is 1. The highest BCUT2D eigenvalue weighted by Crippen LogP contribution is 2.27. The minimum Gasteiger partial charge on any atom is -0.0891 e. The smallest absolute Gasteiger partial charge is 0.0452 e. The second-order valence-corrected chi connectivity index (χ2v) is 6.07. The van der Waals surface area contributed by atoms with Crippen LogP contribution < -0.4 is 0 Å². The number of halogens is 3. The van der Waals surface area contributed by atoms with E-state index >= 15 is 0 Å². The van der Waals surface area contributed by atoms with E-state index in [0.29, 0.717) is 15.8 Å². The highest BCUT2D eigenvalue weighted by Gasteiger charge is 2.14. The summed E-state index contributed by atoms with van der Waals surface area (Å²) >= 11 is 15.6. The Bertz CT molecular complexity index is 323. The molecule has 0 saturated carbocycles. The molecule has 0 nitrogen and oxygen atoms in total. The van der Waals surface area contributed by atoms with Crippen LogP contribution >= 0.6 is 39.1 Å². The van der Waals surface area contributed by atoms with E-state index in [1.54, 1.807) is 0 Å². The highest BCUT2D eigenvalue weighted by molar-refractivity contribution is 9.09. The molecule has 0 bridgehead atoms. The standard InChI is InChI=1S/C12H15BrCl2/c1-3-9(8(2)13)6-10-4-5-11(14)7-12(10)15/h4-5,7-9H,3,6H2,1-2H3. The minimum absolute atomic E-state index is 0.509. The summed E-state index contributed by atoms with van der Waals surface area (Å²) in [7, 11) is 0. The molecule has 84 valence electrons. The van der Waals surface area contributed by atoms with Gasteiger partial charge in [-0.15, -0.1) is 0 Å². The average molecular weight is 310 g/mol. The van der Waals surface area contributed by atoms with Gasteiger partial charge in [-0.05, 0) is 30.0 Å². The first-order valence-corrected chi connectivity index (χ1v) is 6.79. The summed E-state index contributed by atoms with van der Waals surface area (Å²) in [6, 6.07) is 5.72. The molecule has 0 radical (unpaired) electrons. The summed E-state index contributed by atoms with van der Waals surface area (Å²) in [5.41, 5.74) is 1.18. The van der Waals surface area contributed by atoms with E-state index in [1.807, 2.05) is 18.2 Å². The van der Waals surface area contributed by atoms with Crippen LogP contribution in [-0.2, 0) is 6.42 Å². The zero-order valence-electron chi connectivity index (χ0n) is 8.93. The summed E-state index contributed by atoms with van der Waals surface area (Å²) in [6.45, 7) is 4.38. The fourth-order valence-electron chi connectivity index (χ4n) is 1.60. The summed E-state index contributed by atoms with van der Waals surface area (Å²) in [6.07, 6.45) is 2.14. The lowest BCUT2D eigenvalue weighted by Crippen LogP contribution is -2.13. The van der Waals surface area contributed by atoms with Crippen molar-refractivity contribution < 1.29 is 0 Å². The highest BCUT2D eigenvalue weighted by atomic mass is 79.9. The predicted molar refractivity (Wildman–Crippen MR) is 72.3 cm³/mol. The molecule has 0 aliphatic rings. The summed E-state index contributed by atoms with van der Waals surface area (Å²) in [5, 5.41) is 1.47. The molecule has 0 N–H and O–H groups in total. The van der Waals surface area contributed by atoms with Crippen molar-refractivity contribution >= 4 is 39.1 Å². The Balaban J connectivity index is 2.79. The van der Waals surface area contributed by atoms with Gasteiger partial charge in [-0.2, -0.15) is 0 Å². The quantitative estimate of drug-likeness (QED) is 0.658. The maximum atomic E-state index is 6.14. The zero-order chi connectivity index (χ0) is 11.4. The lowest BCUT2D eigenvalue weighted by molar-refractivity contribution is 0.508. The lowest BCUT2D eigenvalue weighted by Gasteiger charge is -2.18. The first-order valence-electron chi connectivity index (χ1n) is 5.12. The van der Waals surface area contributed by atoms with E-state index in [4.69, 9.17) is 23.2 Å². The van der Waals surface area contributed by atoms with Crippen LogP contribution in [0, 0.1) is 5.92 Å². The number of hydrogen-bond donors (Lipinski definition) is 0. The van der Waals surface area contributed by atoms with Gasteiger partial charge < -0.3 is 0 Å². The maximum absolute atomic E-state index is 6.14. The van der Waals surface area contributed by atoms with Gasteiger partial charge in [0, 0.05) is 14.9 Å². The molecule has 1 aromatic carbocycles. The molecule has 0 spiro atoms. The molecule has 2 unspecified atom stereocenters. The monoisotopic (exact) mass is 308 g/mol. The van der Waals surface area contributed by atoms with Crippen molar-refractivity contribution in [3.05, 3.63) is 33.8 Å². The van der Waals surface area contributed by atoms with Crippen molar-refractivity contribution in [2.24, 2.45) is 5.92 Å². The molecule has 15 heavy (non-hydrogen) atoms. The second-order valence-electron chi connectivity index (χ2n) is 3.79. The van der Waals surface area contributed by atoms with Gasteiger partial charge in [-0.1, -0.05) is 65.5 Å². The fourth-order valence-corrected chi connectivity index (χ4v) is 2.65. The van der Waals surface area contributed by atoms with E-state index in [-0.39, 0.29) is 0 Å². The molecule has 1 aromatic rings. The molecular formula is C12H15BrCl2. The van der Waals surface area contributed by atoms with Crippen LogP contribution in [0.1, 0.15) is 25.8 Å². The topological polar surface area (TPSA) is 0 Å². The minimum atomic E-state index is 0.509. The average Bonchev–Trinajstić information content (AvgIpc) is 2.16. The molecule has 0 aliphatic heterocycles. The van der Waals surface area contributed by atoms with Crippen molar-refractivity contribution in [2.75, 3.05) is 0 Å². The van der Waals surface area contributed by atoms with Crippen LogP contribution in [0.4, 0.5) is 0 Å². The Kier molecular flexibility index (Phi) is 5.45. The molecule has 0 aromatic heterocycles. The molecular weight excluding hydrogens is 295 g/mol. The van der Waals surface area contributed by atoms with Crippen LogP contribution in [0.5, 0.6) is 0 Å². The third-order valence-electron chi connectivity index (χ3n) is 2.67. The Hall–Kier alpha value is 0.280. The Labute approximate surface area is 110 Å². The van der Waals surface area contributed by atoms with Gasteiger partial charge in [0.05, 0.1) is 0 Å². The van der Waals surface area contributed by atoms with Gasteiger partial charge in [0.1, 0.15) is 0 Å². The molecule has 0 heterocycles. The molecule has 0 aliphatic carbocycles. The SMILES string of the molecule is CCC(Cc1ccc(Cl)cc1Cl)C(C)Br. The normalized spacial score (nSPS) is 15.0. The van der Waals surface area contributed by atoms with E-state index in [2.05, 4.69) is 29.8 Å². The molecule has 0 fully saturated rings. The van der Waals surface area contributed by atoms with Gasteiger partial charge in [0.25, 0.3) is 0 Å². The van der Waals surface area contributed by atoms with E-state index < -0.39 is 0 Å². The lowest BCUT2D eigenvalue weighted by atomic mass is 9.94. The van der Waals surface area contributed by atoms with Gasteiger partial charge in [0.15, 0.2) is 0 Å². The number of alkyl halides is 1. The second kappa shape index (κ2) is 6.12. The molecule has 3 heteroatoms. The van der Waals surface area contributed by atoms with Crippen LogP contribution in [-0.4, -0.2) is 4.83 Å². The van der Waals surface area contributed by atoms with Crippen LogP contribution in [0.3, 0.4) is 0 Å². The maximum Gasteiger partial charge on any atom is 0.0452 e. The van der Waals surface area contributed by atoms with Crippen molar-refractivity contribution in [1.82, 2.24) is 0 Å². The van der Waals surface area contributed by atoms with Gasteiger partial charge in [-0.3, -0.25) is 0 Å². The first kappa shape index (κ1) is 13.3. The van der Waals surface area contributed by atoms with Crippen LogP contribution in [0.2, 0.25) is 10.0 Å². The van der Waals surface area contributed by atoms with Crippen molar-refractivity contribution in [1.29, 1.82) is 0 Å². The van der Waals surface area contributed by atoms with Crippen molar-refractivity contribution in [2.45, 2.75) is 31.5 Å². The van der Waals surface area contributed by atoms with Crippen LogP contribution in [0.15, 0.2) is 18.2 Å². The van der Waals surface area contributed by atoms with Gasteiger partial charge in [0.2, 0.25) is 0 Å². The number of hydrogen-bond acceptors (Lipinski definition) is 0. The predicted octanol–water partition coefficient (Wildman–Crippen LogP) is 5.35. The summed E-state index contributed by atoms with van der Waals surface area (Å²) in [4.78, 5) is 0.509. The van der Waals surface area contributed by atoms with Gasteiger partial charge in [-0.25, -0.2) is 0 Å². The van der Waals surface area contributed by atoms with E-state index in [9.17, 15) is 0 Å². The van der Waals surface area contributed by atoms with E-state index in [1.165, 1.54) is 5.56 Å². The third kappa shape index (κ3) is 3.97. The molecule has 0 saturated heterocycles. The summed E-state index contributed by atoms with van der Waals surface area (Å²) in [5.74, 6) is 0.615. The molecule has 0 amide bonds. The third-order valence-corrected chi connectivity index (χ3v) is 4.01. The molecule has 1 rings (SSSR count). The van der Waals surface area contributed by atoms with E-state index in [0.717, 1.165) is 17.9 Å². The first-order chi connectivity index (χ1) is 7.04. The Morgan fingerprint density at radius 3 is 2.47 bits per heavy atom. The molecule has 2 atom stereocenters. The Morgan fingerprint density at radius 1 is 1.33 bits per heavy atom. The van der Waals surface area contributed by atoms with Crippen molar-refractivity contribution in [3.8, 4) is 0 Å². The fraction of sp³-hybridized carbons (Fsp3) is 0.500. The number of rotatable bonds is 4. The zero-order valence-corrected chi connectivity index (χ0v) is 12.0. The summed E-state index contributed by atoms with van der Waals surface area (Å²) < 4.78 is 0. The van der Waals surface area contributed by atoms with Crippen molar-refractivity contribution in [3.63, 3.8) is 0 Å².